The van der Waals surface area contributed by atoms with E-state index in [0.717, 1.165) is 13.1 Å². The zero-order chi connectivity index (χ0) is 11.0. The summed E-state index contributed by atoms with van der Waals surface area (Å²) in [6.45, 7) is 8.95. The fraction of sp³-hybridized carbons (Fsp3) is 1.00. The van der Waals surface area contributed by atoms with Crippen LogP contribution >= 0.6 is 0 Å². The topological polar surface area (TPSA) is 64.5 Å². The van der Waals surface area contributed by atoms with E-state index in [1.54, 1.807) is 0 Å². The fourth-order valence-corrected chi connectivity index (χ4v) is 1.08. The van der Waals surface area contributed by atoms with Gasteiger partial charge in [0.15, 0.2) is 0 Å². The predicted molar refractivity (Wildman–Crippen MR) is 58.3 cm³/mol. The van der Waals surface area contributed by atoms with Crippen LogP contribution in [0.2, 0.25) is 0 Å². The van der Waals surface area contributed by atoms with Crippen molar-refractivity contribution < 1.29 is 10.2 Å². The second kappa shape index (κ2) is 7.17. The maximum absolute atomic E-state index is 8.83. The first-order chi connectivity index (χ1) is 6.52. The number of hydrogen-bond donors (Lipinski definition) is 4. The van der Waals surface area contributed by atoms with E-state index in [1.807, 2.05) is 6.92 Å². The largest absolute Gasteiger partial charge is 0.395 e. The molecular weight excluding hydrogens is 180 g/mol. The predicted octanol–water partition coefficient (Wildman–Crippen LogP) is -0.435. The fourth-order valence-electron chi connectivity index (χ4n) is 1.08. The smallest absolute Gasteiger partial charge is 0.0581 e. The summed E-state index contributed by atoms with van der Waals surface area (Å²) in [6, 6.07) is 0.145. The van der Waals surface area contributed by atoms with Gasteiger partial charge in [-0.1, -0.05) is 13.8 Å². The molecule has 86 valence electrons. The summed E-state index contributed by atoms with van der Waals surface area (Å²) in [5.41, 5.74) is 0.137. The SMILES string of the molecule is CC(CO)NCC(C)(C)CNCCO. The number of aliphatic hydroxyl groups excluding tert-OH is 2. The molecule has 1 atom stereocenters. The van der Waals surface area contributed by atoms with E-state index < -0.39 is 0 Å². The van der Waals surface area contributed by atoms with Crippen LogP contribution in [0.5, 0.6) is 0 Å². The summed E-state index contributed by atoms with van der Waals surface area (Å²) in [5, 5.41) is 23.9. The van der Waals surface area contributed by atoms with Gasteiger partial charge in [0, 0.05) is 25.7 Å². The van der Waals surface area contributed by atoms with Gasteiger partial charge in [-0.25, -0.2) is 0 Å². The van der Waals surface area contributed by atoms with Crippen molar-refractivity contribution in [2.75, 3.05) is 32.8 Å². The van der Waals surface area contributed by atoms with Gasteiger partial charge in [0.2, 0.25) is 0 Å². The second-order valence-electron chi connectivity index (χ2n) is 4.53. The van der Waals surface area contributed by atoms with Crippen LogP contribution in [0.15, 0.2) is 0 Å². The minimum Gasteiger partial charge on any atom is -0.395 e. The lowest BCUT2D eigenvalue weighted by Crippen LogP contribution is -2.42. The maximum atomic E-state index is 8.83. The van der Waals surface area contributed by atoms with E-state index in [0.29, 0.717) is 6.54 Å². The van der Waals surface area contributed by atoms with Gasteiger partial charge in [-0.3, -0.25) is 0 Å². The van der Waals surface area contributed by atoms with Crippen LogP contribution in [-0.4, -0.2) is 49.1 Å². The molecule has 0 fully saturated rings. The van der Waals surface area contributed by atoms with Gasteiger partial charge in [0.1, 0.15) is 0 Å². The zero-order valence-electron chi connectivity index (χ0n) is 9.51. The molecule has 4 nitrogen and oxygen atoms in total. The van der Waals surface area contributed by atoms with Gasteiger partial charge in [0.25, 0.3) is 0 Å². The Labute approximate surface area is 86.7 Å². The van der Waals surface area contributed by atoms with Crippen LogP contribution in [-0.2, 0) is 0 Å². The van der Waals surface area contributed by atoms with Crippen molar-refractivity contribution >= 4 is 0 Å². The van der Waals surface area contributed by atoms with E-state index >= 15 is 0 Å². The van der Waals surface area contributed by atoms with Crippen molar-refractivity contribution in [3.05, 3.63) is 0 Å². The molecular formula is C10H24N2O2. The van der Waals surface area contributed by atoms with Crippen molar-refractivity contribution in [2.45, 2.75) is 26.8 Å². The Hall–Kier alpha value is -0.160. The van der Waals surface area contributed by atoms with Crippen LogP contribution in [0, 0.1) is 5.41 Å². The molecule has 0 spiro atoms. The molecule has 0 saturated heterocycles. The Morgan fingerprint density at radius 3 is 2.36 bits per heavy atom. The quantitative estimate of drug-likeness (QED) is 0.405. The van der Waals surface area contributed by atoms with E-state index in [4.69, 9.17) is 10.2 Å². The molecule has 0 aromatic rings. The highest BCUT2D eigenvalue weighted by Gasteiger charge is 2.17. The Bertz CT molecular complexity index is 140. The summed E-state index contributed by atoms with van der Waals surface area (Å²) in [6.07, 6.45) is 0. The molecule has 14 heavy (non-hydrogen) atoms. The lowest BCUT2D eigenvalue weighted by atomic mass is 9.93. The lowest BCUT2D eigenvalue weighted by Gasteiger charge is -2.27. The first kappa shape index (κ1) is 13.8. The van der Waals surface area contributed by atoms with Crippen molar-refractivity contribution in [2.24, 2.45) is 5.41 Å². The maximum Gasteiger partial charge on any atom is 0.0581 e. The Balaban J connectivity index is 3.60. The molecule has 4 heteroatoms. The highest BCUT2D eigenvalue weighted by Crippen LogP contribution is 2.11. The first-order valence-corrected chi connectivity index (χ1v) is 5.17. The van der Waals surface area contributed by atoms with E-state index in [-0.39, 0.29) is 24.7 Å². The summed E-state index contributed by atoms with van der Waals surface area (Å²) in [4.78, 5) is 0. The molecule has 0 rings (SSSR count). The molecule has 0 aromatic heterocycles. The molecule has 0 saturated carbocycles. The van der Waals surface area contributed by atoms with Gasteiger partial charge < -0.3 is 20.8 Å². The number of aliphatic hydroxyl groups is 2. The molecule has 0 heterocycles. The van der Waals surface area contributed by atoms with E-state index in [2.05, 4.69) is 24.5 Å². The van der Waals surface area contributed by atoms with Gasteiger partial charge in [0.05, 0.1) is 13.2 Å². The minimum atomic E-state index is 0.137. The van der Waals surface area contributed by atoms with Crippen LogP contribution in [0.1, 0.15) is 20.8 Å². The number of hydrogen-bond acceptors (Lipinski definition) is 4. The van der Waals surface area contributed by atoms with Crippen LogP contribution < -0.4 is 10.6 Å². The Morgan fingerprint density at radius 2 is 1.86 bits per heavy atom. The molecule has 0 radical (unpaired) electrons. The first-order valence-electron chi connectivity index (χ1n) is 5.17. The molecule has 0 aliphatic heterocycles. The third-order valence-corrected chi connectivity index (χ3v) is 2.10. The number of rotatable bonds is 8. The van der Waals surface area contributed by atoms with Gasteiger partial charge in [-0.05, 0) is 12.3 Å². The van der Waals surface area contributed by atoms with Crippen LogP contribution in [0.4, 0.5) is 0 Å². The van der Waals surface area contributed by atoms with Crippen molar-refractivity contribution in [3.63, 3.8) is 0 Å². The number of nitrogens with one attached hydrogen (secondary N) is 2. The van der Waals surface area contributed by atoms with E-state index in [9.17, 15) is 0 Å². The third-order valence-electron chi connectivity index (χ3n) is 2.10. The third kappa shape index (κ3) is 7.26. The highest BCUT2D eigenvalue weighted by atomic mass is 16.3. The van der Waals surface area contributed by atoms with Gasteiger partial charge in [-0.15, -0.1) is 0 Å². The summed E-state index contributed by atoms with van der Waals surface area (Å²) in [5.74, 6) is 0. The van der Waals surface area contributed by atoms with Crippen LogP contribution in [0.3, 0.4) is 0 Å². The molecule has 0 aromatic carbocycles. The normalized spacial score (nSPS) is 14.4. The Kier molecular flexibility index (Phi) is 7.09. The van der Waals surface area contributed by atoms with Crippen molar-refractivity contribution in [3.8, 4) is 0 Å². The molecule has 4 N–H and O–H groups in total. The molecule has 0 amide bonds. The molecule has 0 aliphatic rings. The summed E-state index contributed by atoms with van der Waals surface area (Å²) in [7, 11) is 0. The molecule has 0 aliphatic carbocycles. The van der Waals surface area contributed by atoms with Crippen molar-refractivity contribution in [1.29, 1.82) is 0 Å². The highest BCUT2D eigenvalue weighted by molar-refractivity contribution is 4.75. The van der Waals surface area contributed by atoms with Crippen molar-refractivity contribution in [1.82, 2.24) is 10.6 Å². The zero-order valence-corrected chi connectivity index (χ0v) is 9.51. The average molecular weight is 204 g/mol. The molecule has 0 bridgehead atoms. The standard InChI is InChI=1S/C10H24N2O2/c1-9(6-14)12-8-10(2,3)7-11-4-5-13/h9,11-14H,4-8H2,1-3H3. The minimum absolute atomic E-state index is 0.137. The van der Waals surface area contributed by atoms with Gasteiger partial charge >= 0.3 is 0 Å². The van der Waals surface area contributed by atoms with Gasteiger partial charge in [-0.2, -0.15) is 0 Å². The lowest BCUT2D eigenvalue weighted by molar-refractivity contribution is 0.225. The Morgan fingerprint density at radius 1 is 1.21 bits per heavy atom. The average Bonchev–Trinajstić information content (AvgIpc) is 2.14. The van der Waals surface area contributed by atoms with E-state index in [1.165, 1.54) is 0 Å². The summed E-state index contributed by atoms with van der Waals surface area (Å²) >= 11 is 0. The molecule has 1 unspecified atom stereocenters. The second-order valence-corrected chi connectivity index (χ2v) is 4.53. The monoisotopic (exact) mass is 204 g/mol. The summed E-state index contributed by atoms with van der Waals surface area (Å²) < 4.78 is 0. The van der Waals surface area contributed by atoms with Crippen LogP contribution in [0.25, 0.3) is 0 Å².